The fourth-order valence-corrected chi connectivity index (χ4v) is 5.08. The molecule has 0 radical (unpaired) electrons. The van der Waals surface area contributed by atoms with Crippen LogP contribution in [-0.4, -0.2) is 57.9 Å². The highest BCUT2D eigenvalue weighted by molar-refractivity contribution is 7.89. The minimum atomic E-state index is -3.85. The number of aromatic nitrogens is 2. The molecule has 1 aliphatic heterocycles. The maximum absolute atomic E-state index is 13.0. The van der Waals surface area contributed by atoms with Crippen LogP contribution >= 0.6 is 0 Å². The van der Waals surface area contributed by atoms with Gasteiger partial charge in [0.05, 0.1) is 18.0 Å². The number of aliphatic hydroxyl groups excluding tert-OH is 1. The molecule has 2 atom stereocenters. The summed E-state index contributed by atoms with van der Waals surface area (Å²) in [6.07, 6.45) is 1.13. The van der Waals surface area contributed by atoms with Crippen molar-refractivity contribution >= 4 is 16.0 Å². The van der Waals surface area contributed by atoms with Gasteiger partial charge in [-0.3, -0.25) is 9.48 Å². The Morgan fingerprint density at radius 1 is 1.46 bits per heavy atom. The maximum Gasteiger partial charge on any atom is 0.313 e. The van der Waals surface area contributed by atoms with E-state index in [0.717, 1.165) is 0 Å². The molecule has 9 heteroatoms. The van der Waals surface area contributed by atoms with Crippen molar-refractivity contribution in [2.24, 2.45) is 5.41 Å². The number of aryl methyl sites for hydroxylation is 1. The molecule has 0 bridgehead atoms. The highest BCUT2D eigenvalue weighted by atomic mass is 32.2. The van der Waals surface area contributed by atoms with Crippen molar-refractivity contribution in [2.75, 3.05) is 13.1 Å². The van der Waals surface area contributed by atoms with Gasteiger partial charge in [0, 0.05) is 19.6 Å². The molecule has 1 aromatic heterocycles. The van der Waals surface area contributed by atoms with Crippen LogP contribution in [-0.2, 0) is 21.4 Å². The van der Waals surface area contributed by atoms with E-state index in [1.54, 1.807) is 11.6 Å². The van der Waals surface area contributed by atoms with Crippen LogP contribution in [0, 0.1) is 12.3 Å². The quantitative estimate of drug-likeness (QED) is 0.778. The number of aliphatic hydroxyl groups is 1. The molecule has 1 aromatic rings. The van der Waals surface area contributed by atoms with Crippen molar-refractivity contribution in [1.82, 2.24) is 14.1 Å². The van der Waals surface area contributed by atoms with Gasteiger partial charge >= 0.3 is 5.97 Å². The molecule has 0 saturated carbocycles. The second kappa shape index (κ2) is 6.81. The van der Waals surface area contributed by atoms with Crippen molar-refractivity contribution < 1.29 is 23.4 Å². The summed E-state index contributed by atoms with van der Waals surface area (Å²) in [6.45, 7) is 5.79. The number of carboxylic acid groups (broad SMARTS) is 1. The smallest absolute Gasteiger partial charge is 0.313 e. The number of carboxylic acids is 1. The highest BCUT2D eigenvalue weighted by Gasteiger charge is 2.51. The third kappa shape index (κ3) is 2.96. The van der Waals surface area contributed by atoms with Gasteiger partial charge in [-0.15, -0.1) is 0 Å². The fraction of sp³-hybridized carbons (Fsp3) is 0.733. The van der Waals surface area contributed by atoms with Gasteiger partial charge in [-0.2, -0.15) is 9.40 Å². The lowest BCUT2D eigenvalue weighted by molar-refractivity contribution is -0.161. The second-order valence-corrected chi connectivity index (χ2v) is 8.17. The summed E-state index contributed by atoms with van der Waals surface area (Å²) in [6, 6.07) is 0. The topological polar surface area (TPSA) is 113 Å². The van der Waals surface area contributed by atoms with E-state index in [4.69, 9.17) is 0 Å². The number of piperidine rings is 1. The summed E-state index contributed by atoms with van der Waals surface area (Å²) in [5.74, 6) is -1.15. The third-order valence-electron chi connectivity index (χ3n) is 4.85. The largest absolute Gasteiger partial charge is 0.481 e. The van der Waals surface area contributed by atoms with Crippen molar-refractivity contribution in [3.05, 3.63) is 11.9 Å². The lowest BCUT2D eigenvalue weighted by Gasteiger charge is -2.42. The Morgan fingerprint density at radius 3 is 2.62 bits per heavy atom. The summed E-state index contributed by atoms with van der Waals surface area (Å²) >= 11 is 0. The van der Waals surface area contributed by atoms with Gasteiger partial charge in [0.15, 0.2) is 0 Å². The van der Waals surface area contributed by atoms with E-state index in [2.05, 4.69) is 5.10 Å². The van der Waals surface area contributed by atoms with E-state index in [1.165, 1.54) is 10.5 Å². The van der Waals surface area contributed by atoms with E-state index in [1.807, 2.05) is 13.8 Å². The molecule has 2 heterocycles. The zero-order chi connectivity index (χ0) is 18.1. The van der Waals surface area contributed by atoms with Crippen LogP contribution < -0.4 is 0 Å². The molecule has 24 heavy (non-hydrogen) atoms. The number of hydrogen-bond acceptors (Lipinski definition) is 5. The number of carbonyl (C=O) groups is 1. The molecule has 8 nitrogen and oxygen atoms in total. The molecular formula is C15H25N3O5S. The monoisotopic (exact) mass is 359 g/mol. The van der Waals surface area contributed by atoms with E-state index in [9.17, 15) is 23.4 Å². The van der Waals surface area contributed by atoms with E-state index in [-0.39, 0.29) is 30.8 Å². The normalized spacial score (nSPS) is 25.8. The average Bonchev–Trinajstić information content (AvgIpc) is 2.90. The van der Waals surface area contributed by atoms with E-state index in [0.29, 0.717) is 18.7 Å². The Hall–Kier alpha value is -1.45. The minimum absolute atomic E-state index is 0.0940. The molecule has 1 aliphatic rings. The Bertz CT molecular complexity index is 715. The average molecular weight is 359 g/mol. The molecule has 0 unspecified atom stereocenters. The summed E-state index contributed by atoms with van der Waals surface area (Å²) in [4.78, 5) is 11.9. The van der Waals surface area contributed by atoms with Crippen molar-refractivity contribution in [1.29, 1.82) is 0 Å². The molecule has 136 valence electrons. The first-order valence-corrected chi connectivity index (χ1v) is 9.58. The Kier molecular flexibility index (Phi) is 5.36. The van der Waals surface area contributed by atoms with Crippen molar-refractivity contribution in [2.45, 2.75) is 57.6 Å². The van der Waals surface area contributed by atoms with Gasteiger partial charge in [-0.05, 0) is 26.7 Å². The SMILES string of the molecule is CCC[C@@]1(C(=O)O)CN(S(=O)(=O)c2cnn(CC)c2C)CC[C@H]1O. The molecule has 0 aromatic carbocycles. The van der Waals surface area contributed by atoms with E-state index < -0.39 is 27.5 Å². The molecule has 2 rings (SSSR count). The first-order valence-electron chi connectivity index (χ1n) is 8.14. The van der Waals surface area contributed by atoms with E-state index >= 15 is 0 Å². The Morgan fingerprint density at radius 2 is 2.12 bits per heavy atom. The number of rotatable bonds is 6. The number of sulfonamides is 1. The standard InChI is InChI=1S/C15H25N3O5S/c1-4-7-15(14(20)21)10-17(8-6-13(15)19)24(22,23)12-9-16-18(5-2)11(12)3/h9,13,19H,4-8,10H2,1-3H3,(H,20,21)/t13-,15-/m1/s1. The highest BCUT2D eigenvalue weighted by Crippen LogP contribution is 2.37. The number of aliphatic carboxylic acids is 1. The zero-order valence-corrected chi connectivity index (χ0v) is 15.1. The summed E-state index contributed by atoms with van der Waals surface area (Å²) in [5, 5.41) is 24.0. The first kappa shape index (κ1) is 18.9. The van der Waals surface area contributed by atoms with Crippen LogP contribution in [0.4, 0.5) is 0 Å². The van der Waals surface area contributed by atoms with Gasteiger partial charge in [0.2, 0.25) is 10.0 Å². The molecule has 1 fully saturated rings. The predicted molar refractivity (Wildman–Crippen MR) is 87.0 cm³/mol. The Balaban J connectivity index is 2.40. The molecule has 0 spiro atoms. The summed E-state index contributed by atoms with van der Waals surface area (Å²) in [5.41, 5.74) is -0.936. The molecule has 0 aliphatic carbocycles. The van der Waals surface area contributed by atoms with Gasteiger partial charge in [-0.25, -0.2) is 8.42 Å². The predicted octanol–water partition coefficient (Wildman–Crippen LogP) is 0.838. The Labute approximate surface area is 142 Å². The van der Waals surface area contributed by atoms with Gasteiger partial charge in [0.1, 0.15) is 10.3 Å². The van der Waals surface area contributed by atoms with Crippen LogP contribution in [0.2, 0.25) is 0 Å². The van der Waals surface area contributed by atoms with Crippen LogP contribution in [0.5, 0.6) is 0 Å². The lowest BCUT2D eigenvalue weighted by Crippen LogP contribution is -2.57. The molecule has 1 saturated heterocycles. The number of nitrogens with zero attached hydrogens (tertiary/aromatic N) is 3. The second-order valence-electron chi connectivity index (χ2n) is 6.26. The third-order valence-corrected chi connectivity index (χ3v) is 6.79. The minimum Gasteiger partial charge on any atom is -0.481 e. The summed E-state index contributed by atoms with van der Waals surface area (Å²) < 4.78 is 28.7. The van der Waals surface area contributed by atoms with Crippen molar-refractivity contribution in [3.63, 3.8) is 0 Å². The molecular weight excluding hydrogens is 334 g/mol. The first-order chi connectivity index (χ1) is 11.2. The van der Waals surface area contributed by atoms with Crippen LogP contribution in [0.1, 0.15) is 38.8 Å². The van der Waals surface area contributed by atoms with Gasteiger partial charge in [-0.1, -0.05) is 13.3 Å². The number of hydrogen-bond donors (Lipinski definition) is 2. The maximum atomic E-state index is 13.0. The zero-order valence-electron chi connectivity index (χ0n) is 14.3. The van der Waals surface area contributed by atoms with Crippen LogP contribution in [0.15, 0.2) is 11.1 Å². The molecule has 2 N–H and O–H groups in total. The van der Waals surface area contributed by atoms with Gasteiger partial charge in [0.25, 0.3) is 0 Å². The fourth-order valence-electron chi connectivity index (χ4n) is 3.40. The van der Waals surface area contributed by atoms with Crippen LogP contribution in [0.25, 0.3) is 0 Å². The van der Waals surface area contributed by atoms with Gasteiger partial charge < -0.3 is 10.2 Å². The van der Waals surface area contributed by atoms with Crippen LogP contribution in [0.3, 0.4) is 0 Å². The molecule has 0 amide bonds. The van der Waals surface area contributed by atoms with Crippen molar-refractivity contribution in [3.8, 4) is 0 Å². The summed E-state index contributed by atoms with van der Waals surface area (Å²) in [7, 11) is -3.85. The lowest BCUT2D eigenvalue weighted by atomic mass is 9.74.